The van der Waals surface area contributed by atoms with Crippen LogP contribution in [0.5, 0.6) is 0 Å². The Kier molecular flexibility index (Phi) is 7.67. The van der Waals surface area contributed by atoms with Crippen molar-refractivity contribution in [2.24, 2.45) is 0 Å². The number of nitrogens with zero attached hydrogens (tertiary/aromatic N) is 3. The molecule has 0 aliphatic rings. The highest BCUT2D eigenvalue weighted by atomic mass is 32.1. The fourth-order valence-corrected chi connectivity index (χ4v) is 8.53. The van der Waals surface area contributed by atoms with Gasteiger partial charge in [-0.15, -0.1) is 11.3 Å². The number of benzene rings is 8. The molecule has 0 spiro atoms. The molecular weight excluding hydrogens is 663 g/mol. The summed E-state index contributed by atoms with van der Waals surface area (Å²) in [4.78, 5) is 15.1. The summed E-state index contributed by atoms with van der Waals surface area (Å²) in [6.07, 6.45) is 0. The second-order valence-electron chi connectivity index (χ2n) is 13.2. The van der Waals surface area contributed by atoms with Crippen LogP contribution in [-0.2, 0) is 0 Å². The zero-order valence-electron chi connectivity index (χ0n) is 28.6. The summed E-state index contributed by atoms with van der Waals surface area (Å²) < 4.78 is 2.64. The van der Waals surface area contributed by atoms with Crippen molar-refractivity contribution in [2.75, 3.05) is 0 Å². The smallest absolute Gasteiger partial charge is 0.164 e. The van der Waals surface area contributed by atoms with Gasteiger partial charge in [-0.1, -0.05) is 176 Å². The summed E-state index contributed by atoms with van der Waals surface area (Å²) in [5.74, 6) is 1.93. The van der Waals surface area contributed by atoms with E-state index in [9.17, 15) is 0 Å². The van der Waals surface area contributed by atoms with Gasteiger partial charge in [0.1, 0.15) is 0 Å². The third-order valence-electron chi connectivity index (χ3n) is 9.99. The lowest BCUT2D eigenvalue weighted by Crippen LogP contribution is -2.01. The average molecular weight is 694 g/mol. The zero-order chi connectivity index (χ0) is 35.1. The predicted octanol–water partition coefficient (Wildman–Crippen LogP) is 13.4. The number of aromatic nitrogens is 3. The van der Waals surface area contributed by atoms with Crippen molar-refractivity contribution in [3.05, 3.63) is 188 Å². The summed E-state index contributed by atoms with van der Waals surface area (Å²) in [6.45, 7) is 0. The lowest BCUT2D eigenvalue weighted by atomic mass is 9.91. The molecule has 10 aromatic rings. The van der Waals surface area contributed by atoms with E-state index >= 15 is 0 Å². The van der Waals surface area contributed by atoms with Crippen LogP contribution in [0.4, 0.5) is 0 Å². The Bertz CT molecular complexity index is 2930. The number of hydrogen-bond acceptors (Lipinski definition) is 4. The Morgan fingerprint density at radius 3 is 1.42 bits per heavy atom. The Hall–Kier alpha value is -6.75. The van der Waals surface area contributed by atoms with E-state index in [2.05, 4.69) is 146 Å². The molecule has 10 rings (SSSR count). The molecule has 2 heterocycles. The molecule has 0 saturated carbocycles. The fourth-order valence-electron chi connectivity index (χ4n) is 7.38. The molecule has 0 fully saturated rings. The summed E-state index contributed by atoms with van der Waals surface area (Å²) in [5.41, 5.74) is 9.86. The van der Waals surface area contributed by atoms with Gasteiger partial charge in [-0.25, -0.2) is 15.0 Å². The maximum absolute atomic E-state index is 5.10. The highest BCUT2D eigenvalue weighted by Gasteiger charge is 2.17. The SMILES string of the molecule is c1ccc(-c2nc(-c3ccc(-c4ccc(-c5ccc6c(c5)sc5ccccc56)c5ccccc45)cc3)nc(-c3ccccc3-c3ccccc3)n2)cc1. The number of hydrogen-bond donors (Lipinski definition) is 0. The van der Waals surface area contributed by atoms with Crippen LogP contribution in [-0.4, -0.2) is 15.0 Å². The molecule has 0 bridgehead atoms. The molecule has 53 heavy (non-hydrogen) atoms. The Morgan fingerprint density at radius 1 is 0.264 bits per heavy atom. The van der Waals surface area contributed by atoms with Gasteiger partial charge in [0, 0.05) is 36.9 Å². The van der Waals surface area contributed by atoms with Crippen LogP contribution in [0, 0.1) is 0 Å². The van der Waals surface area contributed by atoms with Crippen LogP contribution < -0.4 is 0 Å². The van der Waals surface area contributed by atoms with E-state index in [0.717, 1.165) is 33.4 Å². The van der Waals surface area contributed by atoms with Gasteiger partial charge in [-0.3, -0.25) is 0 Å². The van der Waals surface area contributed by atoms with Gasteiger partial charge < -0.3 is 0 Å². The van der Waals surface area contributed by atoms with Crippen LogP contribution in [0.15, 0.2) is 188 Å². The molecule has 3 nitrogen and oxygen atoms in total. The van der Waals surface area contributed by atoms with E-state index in [1.807, 2.05) is 53.8 Å². The second-order valence-corrected chi connectivity index (χ2v) is 14.3. The van der Waals surface area contributed by atoms with Gasteiger partial charge in [0.05, 0.1) is 0 Å². The quantitative estimate of drug-likeness (QED) is 0.174. The summed E-state index contributed by atoms with van der Waals surface area (Å²) >= 11 is 1.86. The molecule has 0 atom stereocenters. The molecule has 0 aliphatic heterocycles. The molecule has 0 N–H and O–H groups in total. The Balaban J connectivity index is 1.05. The first-order valence-corrected chi connectivity index (χ1v) is 18.6. The number of fused-ring (bicyclic) bond motifs is 4. The van der Waals surface area contributed by atoms with Gasteiger partial charge in [0.15, 0.2) is 17.5 Å². The van der Waals surface area contributed by atoms with Crippen molar-refractivity contribution in [3.63, 3.8) is 0 Å². The molecule has 4 heteroatoms. The van der Waals surface area contributed by atoms with Crippen LogP contribution in [0.1, 0.15) is 0 Å². The molecule has 0 amide bonds. The van der Waals surface area contributed by atoms with E-state index in [1.54, 1.807) is 0 Å². The molecule has 0 saturated heterocycles. The van der Waals surface area contributed by atoms with Crippen LogP contribution in [0.3, 0.4) is 0 Å². The van der Waals surface area contributed by atoms with E-state index in [-0.39, 0.29) is 0 Å². The first kappa shape index (κ1) is 31.0. The van der Waals surface area contributed by atoms with Crippen molar-refractivity contribution < 1.29 is 0 Å². The number of rotatable bonds is 6. The van der Waals surface area contributed by atoms with E-state index in [0.29, 0.717) is 17.5 Å². The summed E-state index contributed by atoms with van der Waals surface area (Å²) in [5, 5.41) is 5.10. The standard InChI is InChI=1S/C49H31N3S/c1-3-13-32(14-4-1)37-17-7-10-21-44(37)49-51-47(34-15-5-2-6-16-34)50-48(52-49)35-25-23-33(24-26-35)38-29-30-39(41-19-9-8-18-40(38)41)36-27-28-43-42-20-11-12-22-45(42)53-46(43)31-36/h1-31H. The van der Waals surface area contributed by atoms with Crippen molar-refractivity contribution in [3.8, 4) is 67.5 Å². The molecule has 8 aromatic carbocycles. The van der Waals surface area contributed by atoms with Gasteiger partial charge in [0.2, 0.25) is 0 Å². The fraction of sp³-hybridized carbons (Fsp3) is 0. The highest BCUT2D eigenvalue weighted by molar-refractivity contribution is 7.25. The normalized spacial score (nSPS) is 11.4. The third-order valence-corrected chi connectivity index (χ3v) is 11.1. The number of thiophene rings is 1. The largest absolute Gasteiger partial charge is 0.208 e. The second kappa shape index (κ2) is 13.1. The predicted molar refractivity (Wildman–Crippen MR) is 223 cm³/mol. The van der Waals surface area contributed by atoms with Crippen molar-refractivity contribution in [1.29, 1.82) is 0 Å². The topological polar surface area (TPSA) is 38.7 Å². The first-order chi connectivity index (χ1) is 26.3. The van der Waals surface area contributed by atoms with Gasteiger partial charge in [0.25, 0.3) is 0 Å². The molecule has 0 unspecified atom stereocenters. The minimum absolute atomic E-state index is 0.639. The van der Waals surface area contributed by atoms with Crippen LogP contribution in [0.2, 0.25) is 0 Å². The Morgan fingerprint density at radius 2 is 0.717 bits per heavy atom. The molecule has 0 radical (unpaired) electrons. The lowest BCUT2D eigenvalue weighted by molar-refractivity contribution is 1.07. The van der Waals surface area contributed by atoms with E-state index in [4.69, 9.17) is 15.0 Å². The molecule has 0 aliphatic carbocycles. The van der Waals surface area contributed by atoms with Gasteiger partial charge >= 0.3 is 0 Å². The lowest BCUT2D eigenvalue weighted by Gasteiger charge is -2.13. The average Bonchev–Trinajstić information content (AvgIpc) is 3.62. The first-order valence-electron chi connectivity index (χ1n) is 17.8. The maximum atomic E-state index is 5.10. The summed E-state index contributed by atoms with van der Waals surface area (Å²) in [6, 6.07) is 66.3. The van der Waals surface area contributed by atoms with Crippen molar-refractivity contribution in [1.82, 2.24) is 15.0 Å². The van der Waals surface area contributed by atoms with Crippen LogP contribution in [0.25, 0.3) is 98.5 Å². The minimum Gasteiger partial charge on any atom is -0.208 e. The molecule has 2 aromatic heterocycles. The monoisotopic (exact) mass is 693 g/mol. The van der Waals surface area contributed by atoms with Crippen molar-refractivity contribution >= 4 is 42.3 Å². The highest BCUT2D eigenvalue weighted by Crippen LogP contribution is 2.40. The van der Waals surface area contributed by atoms with Crippen molar-refractivity contribution in [2.45, 2.75) is 0 Å². The molecular formula is C49H31N3S. The third kappa shape index (κ3) is 5.66. The molecule has 248 valence electrons. The maximum Gasteiger partial charge on any atom is 0.164 e. The summed E-state index contributed by atoms with van der Waals surface area (Å²) in [7, 11) is 0. The van der Waals surface area contributed by atoms with Crippen LogP contribution >= 0.6 is 11.3 Å². The van der Waals surface area contributed by atoms with Gasteiger partial charge in [-0.05, 0) is 56.3 Å². The zero-order valence-corrected chi connectivity index (χ0v) is 29.5. The van der Waals surface area contributed by atoms with Gasteiger partial charge in [-0.2, -0.15) is 0 Å². The van der Waals surface area contributed by atoms with E-state index < -0.39 is 0 Å². The minimum atomic E-state index is 0.639. The van der Waals surface area contributed by atoms with E-state index in [1.165, 1.54) is 47.6 Å². The Labute approximate surface area is 311 Å².